The van der Waals surface area contributed by atoms with E-state index in [1.54, 1.807) is 69.6 Å². The summed E-state index contributed by atoms with van der Waals surface area (Å²) in [6.45, 7) is 5.38. The number of ether oxygens (including phenoxy) is 3. The number of halogens is 3. The van der Waals surface area contributed by atoms with Crippen LogP contribution in [-0.4, -0.2) is 52.9 Å². The van der Waals surface area contributed by atoms with Gasteiger partial charge in [0.2, 0.25) is 11.8 Å². The van der Waals surface area contributed by atoms with Crippen LogP contribution in [0.1, 0.15) is 56.5 Å². The molecule has 14 heteroatoms. The molecule has 4 aromatic heterocycles. The Morgan fingerprint density at radius 3 is 2.38 bits per heavy atom. The molecule has 6 rings (SSSR count). The third kappa shape index (κ3) is 6.81. The van der Waals surface area contributed by atoms with Crippen molar-refractivity contribution in [3.63, 3.8) is 0 Å². The fraction of sp³-hybridized carbons (Fsp3) is 0.333. The highest BCUT2D eigenvalue weighted by Gasteiger charge is 2.35. The Hall–Kier alpha value is -5.27. The second kappa shape index (κ2) is 12.2. The van der Waals surface area contributed by atoms with Crippen molar-refractivity contribution in [1.29, 1.82) is 0 Å². The first-order chi connectivity index (χ1) is 22.3. The van der Waals surface area contributed by atoms with Crippen molar-refractivity contribution in [3.05, 3.63) is 78.3 Å². The molecule has 0 radical (unpaired) electrons. The molecule has 1 aromatic carbocycles. The molecule has 0 N–H and O–H groups in total. The zero-order valence-corrected chi connectivity index (χ0v) is 26.4. The molecule has 244 valence electrons. The van der Waals surface area contributed by atoms with E-state index in [-0.39, 0.29) is 24.2 Å². The van der Waals surface area contributed by atoms with Gasteiger partial charge in [0.15, 0.2) is 11.5 Å². The normalized spacial score (nSPS) is 13.4. The Balaban J connectivity index is 1.36. The van der Waals surface area contributed by atoms with Crippen molar-refractivity contribution in [2.45, 2.75) is 57.9 Å². The van der Waals surface area contributed by atoms with Crippen LogP contribution in [-0.2, 0) is 24.6 Å². The van der Waals surface area contributed by atoms with E-state index in [1.165, 1.54) is 29.6 Å². The van der Waals surface area contributed by atoms with Crippen molar-refractivity contribution in [2.75, 3.05) is 7.11 Å². The summed E-state index contributed by atoms with van der Waals surface area (Å²) in [7, 11) is 3.03. The molecule has 1 aliphatic rings. The molecule has 0 bridgehead atoms. The maximum Gasteiger partial charge on any atom is 0.434 e. The van der Waals surface area contributed by atoms with Gasteiger partial charge in [-0.25, -0.2) is 24.7 Å². The van der Waals surface area contributed by atoms with Crippen LogP contribution in [0, 0.1) is 0 Å². The summed E-state index contributed by atoms with van der Waals surface area (Å²) in [5.74, 6) is 1.22. The summed E-state index contributed by atoms with van der Waals surface area (Å²) in [6.07, 6.45) is 2.38. The molecule has 1 aliphatic carbocycles. The number of nitrogens with zero attached hydrogens (tertiary/aromatic N) is 7. The van der Waals surface area contributed by atoms with E-state index >= 15 is 0 Å². The number of aromatic nitrogens is 7. The largest absolute Gasteiger partial charge is 0.480 e. The molecule has 0 amide bonds. The standard InChI is InChI=1S/C33H32F3N7O4/c1-32(2,3)47-31(44)43-14-6-7-23(43)22-15-37-27(25-26(20-12-13-20)38-18-39-30(25)45-5)41-29(22)46-17-19-8-10-21(11-9-19)28-40-24(16-42(28)4)33(34,35)36/h6-11,14-16,18,20H,12-13,17H2,1-5H3. The van der Waals surface area contributed by atoms with E-state index in [9.17, 15) is 18.0 Å². The van der Waals surface area contributed by atoms with E-state index in [0.717, 1.165) is 24.7 Å². The summed E-state index contributed by atoms with van der Waals surface area (Å²) >= 11 is 0. The van der Waals surface area contributed by atoms with Crippen LogP contribution in [0.2, 0.25) is 0 Å². The number of hydrogen-bond donors (Lipinski definition) is 0. The molecule has 1 fully saturated rings. The molecule has 5 aromatic rings. The van der Waals surface area contributed by atoms with Crippen LogP contribution in [0.5, 0.6) is 11.8 Å². The first-order valence-electron chi connectivity index (χ1n) is 14.8. The highest BCUT2D eigenvalue weighted by atomic mass is 19.4. The van der Waals surface area contributed by atoms with Crippen LogP contribution in [0.15, 0.2) is 61.3 Å². The zero-order valence-electron chi connectivity index (χ0n) is 26.4. The minimum absolute atomic E-state index is 0.0448. The van der Waals surface area contributed by atoms with Gasteiger partial charge in [0.25, 0.3) is 0 Å². The number of imidazole rings is 1. The molecule has 0 spiro atoms. The Labute approximate surface area is 268 Å². The lowest BCUT2D eigenvalue weighted by Gasteiger charge is -2.21. The third-order valence-corrected chi connectivity index (χ3v) is 7.35. The average Bonchev–Trinajstić information content (AvgIpc) is 3.61. The number of carbonyl (C=O) groups excluding carboxylic acids is 1. The minimum Gasteiger partial charge on any atom is -0.480 e. The van der Waals surface area contributed by atoms with Gasteiger partial charge >= 0.3 is 12.3 Å². The number of rotatable bonds is 8. The van der Waals surface area contributed by atoms with Crippen molar-refractivity contribution in [2.24, 2.45) is 7.05 Å². The molecular formula is C33H32F3N7O4. The smallest absolute Gasteiger partial charge is 0.434 e. The van der Waals surface area contributed by atoms with E-state index < -0.39 is 23.6 Å². The summed E-state index contributed by atoms with van der Waals surface area (Å²) in [4.78, 5) is 35.1. The Kier molecular flexibility index (Phi) is 8.20. The van der Waals surface area contributed by atoms with E-state index in [4.69, 9.17) is 19.2 Å². The predicted molar refractivity (Wildman–Crippen MR) is 165 cm³/mol. The Morgan fingerprint density at radius 2 is 1.74 bits per heavy atom. The van der Waals surface area contributed by atoms with Crippen LogP contribution in [0.4, 0.5) is 18.0 Å². The number of benzene rings is 1. The molecule has 47 heavy (non-hydrogen) atoms. The molecule has 4 heterocycles. The molecule has 0 saturated heterocycles. The summed E-state index contributed by atoms with van der Waals surface area (Å²) in [6, 6.07) is 10.3. The summed E-state index contributed by atoms with van der Waals surface area (Å²) in [5.41, 5.74) is 1.76. The van der Waals surface area contributed by atoms with Gasteiger partial charge in [0.05, 0.1) is 24.1 Å². The van der Waals surface area contributed by atoms with Gasteiger partial charge in [-0.15, -0.1) is 0 Å². The Morgan fingerprint density at radius 1 is 1.00 bits per heavy atom. The molecule has 0 atom stereocenters. The predicted octanol–water partition coefficient (Wildman–Crippen LogP) is 7.07. The Bertz CT molecular complexity index is 1920. The van der Waals surface area contributed by atoms with Gasteiger partial charge in [0, 0.05) is 37.1 Å². The van der Waals surface area contributed by atoms with Gasteiger partial charge in [-0.2, -0.15) is 18.2 Å². The topological polar surface area (TPSA) is 119 Å². The molecule has 0 aliphatic heterocycles. The molecule has 0 unspecified atom stereocenters. The maximum absolute atomic E-state index is 13.2. The highest BCUT2D eigenvalue weighted by molar-refractivity contribution is 5.80. The second-order valence-corrected chi connectivity index (χ2v) is 12.1. The first kappa shape index (κ1) is 31.7. The van der Waals surface area contributed by atoms with E-state index in [2.05, 4.69) is 19.9 Å². The average molecular weight is 648 g/mol. The van der Waals surface area contributed by atoms with E-state index in [1.807, 2.05) is 0 Å². The van der Waals surface area contributed by atoms with Gasteiger partial charge in [-0.05, 0) is 51.3 Å². The lowest BCUT2D eigenvalue weighted by atomic mass is 10.1. The number of aryl methyl sites for hydroxylation is 1. The fourth-order valence-corrected chi connectivity index (χ4v) is 5.03. The summed E-state index contributed by atoms with van der Waals surface area (Å²) < 4.78 is 59.7. The molecular weight excluding hydrogens is 615 g/mol. The van der Waals surface area contributed by atoms with Crippen LogP contribution < -0.4 is 9.47 Å². The van der Waals surface area contributed by atoms with Crippen molar-refractivity contribution < 1.29 is 32.2 Å². The minimum atomic E-state index is -4.55. The number of carbonyl (C=O) groups is 1. The molecule has 1 saturated carbocycles. The van der Waals surface area contributed by atoms with Gasteiger partial charge in [-0.3, -0.25) is 4.57 Å². The fourth-order valence-electron chi connectivity index (χ4n) is 5.03. The van der Waals surface area contributed by atoms with Crippen molar-refractivity contribution in [1.82, 2.24) is 34.1 Å². The number of methoxy groups -OCH3 is 1. The number of hydrogen-bond acceptors (Lipinski definition) is 9. The van der Waals surface area contributed by atoms with E-state index in [0.29, 0.717) is 39.7 Å². The maximum atomic E-state index is 13.2. The summed E-state index contributed by atoms with van der Waals surface area (Å²) in [5, 5.41) is 0. The van der Waals surface area contributed by atoms with Crippen LogP contribution in [0.25, 0.3) is 34.0 Å². The second-order valence-electron chi connectivity index (χ2n) is 12.1. The monoisotopic (exact) mass is 647 g/mol. The SMILES string of the molecule is COc1ncnc(C2CC2)c1-c1ncc(-c2cccn2C(=O)OC(C)(C)C)c(OCc2ccc(-c3nc(C(F)(F)F)cn3C)cc2)n1. The van der Waals surface area contributed by atoms with Crippen molar-refractivity contribution >= 4 is 6.09 Å². The third-order valence-electron chi connectivity index (χ3n) is 7.35. The molecule has 11 nitrogen and oxygen atoms in total. The zero-order chi connectivity index (χ0) is 33.5. The van der Waals surface area contributed by atoms with Gasteiger partial charge in [-0.1, -0.05) is 24.3 Å². The number of alkyl halides is 3. The van der Waals surface area contributed by atoms with Crippen molar-refractivity contribution in [3.8, 4) is 45.8 Å². The lowest BCUT2D eigenvalue weighted by molar-refractivity contribution is -0.140. The van der Waals surface area contributed by atoms with Gasteiger partial charge in [0.1, 0.15) is 29.9 Å². The highest BCUT2D eigenvalue weighted by Crippen LogP contribution is 2.45. The quantitative estimate of drug-likeness (QED) is 0.174. The van der Waals surface area contributed by atoms with Gasteiger partial charge < -0.3 is 18.8 Å². The van der Waals surface area contributed by atoms with Crippen LogP contribution in [0.3, 0.4) is 0 Å². The lowest BCUT2D eigenvalue weighted by Crippen LogP contribution is -2.27. The van der Waals surface area contributed by atoms with Crippen LogP contribution >= 0.6 is 0 Å². The first-order valence-corrected chi connectivity index (χ1v) is 14.8.